The number of hydrogen-bond acceptors (Lipinski definition) is 5. The van der Waals surface area contributed by atoms with E-state index < -0.39 is 11.7 Å². The first kappa shape index (κ1) is 21.1. The van der Waals surface area contributed by atoms with Crippen LogP contribution < -0.4 is 9.64 Å². The van der Waals surface area contributed by atoms with Crippen molar-refractivity contribution in [3.63, 3.8) is 0 Å². The Morgan fingerprint density at radius 3 is 2.16 bits per heavy atom. The van der Waals surface area contributed by atoms with E-state index in [1.165, 1.54) is 24.3 Å². The smallest absolute Gasteiger partial charge is 0.282 e. The highest BCUT2D eigenvalue weighted by Crippen LogP contribution is 2.36. The topological polar surface area (TPSA) is 53.1 Å². The number of rotatable bonds is 5. The zero-order valence-corrected chi connectivity index (χ0v) is 18.0. The Kier molecular flexibility index (Phi) is 5.78. The first-order valence-electron chi connectivity index (χ1n) is 10.3. The summed E-state index contributed by atoms with van der Waals surface area (Å²) in [5, 5.41) is 0. The van der Waals surface area contributed by atoms with E-state index in [1.54, 1.807) is 31.4 Å². The Morgan fingerprint density at radius 1 is 0.968 bits per heavy atom. The molecule has 7 heteroatoms. The summed E-state index contributed by atoms with van der Waals surface area (Å²) in [6.45, 7) is 1.87. The minimum absolute atomic E-state index is 0.157. The van der Waals surface area contributed by atoms with E-state index in [1.807, 2.05) is 11.9 Å². The third-order valence-corrected chi connectivity index (χ3v) is 6.11. The molecule has 2 aliphatic heterocycles. The lowest BCUT2D eigenvalue weighted by Crippen LogP contribution is -2.43. The number of likely N-dealkylation sites (tertiary alicyclic amines) is 1. The third-order valence-electron chi connectivity index (χ3n) is 6.11. The van der Waals surface area contributed by atoms with Gasteiger partial charge in [0.2, 0.25) is 0 Å². The average Bonchev–Trinajstić information content (AvgIpc) is 3.04. The number of ether oxygens (including phenoxy) is 1. The van der Waals surface area contributed by atoms with E-state index in [0.29, 0.717) is 28.3 Å². The molecule has 2 heterocycles. The predicted octanol–water partition coefficient (Wildman–Crippen LogP) is 3.14. The fourth-order valence-corrected chi connectivity index (χ4v) is 4.25. The minimum Gasteiger partial charge on any atom is -0.497 e. The fraction of sp³-hybridized carbons (Fsp3) is 0.333. The molecule has 0 aliphatic carbocycles. The molecule has 0 radical (unpaired) electrons. The number of anilines is 1. The number of likely N-dealkylation sites (N-methyl/N-ethyl adjacent to an activating group) is 1. The van der Waals surface area contributed by atoms with E-state index in [4.69, 9.17) is 4.74 Å². The van der Waals surface area contributed by atoms with Crippen molar-refractivity contribution in [1.29, 1.82) is 0 Å². The molecule has 4 rings (SSSR count). The molecule has 6 nitrogen and oxygen atoms in total. The van der Waals surface area contributed by atoms with Gasteiger partial charge in [-0.1, -0.05) is 12.1 Å². The zero-order valence-electron chi connectivity index (χ0n) is 18.0. The fourth-order valence-electron chi connectivity index (χ4n) is 4.25. The molecule has 1 saturated heterocycles. The van der Waals surface area contributed by atoms with E-state index in [0.717, 1.165) is 30.8 Å². The number of amides is 2. The van der Waals surface area contributed by atoms with Crippen molar-refractivity contribution in [3.05, 3.63) is 65.6 Å². The quantitative estimate of drug-likeness (QED) is 0.692. The van der Waals surface area contributed by atoms with Crippen molar-refractivity contribution in [3.8, 4) is 5.75 Å². The van der Waals surface area contributed by atoms with Gasteiger partial charge in [0.25, 0.3) is 11.8 Å². The van der Waals surface area contributed by atoms with E-state index in [-0.39, 0.29) is 11.9 Å². The Balaban J connectivity index is 1.77. The maximum atomic E-state index is 13.5. The monoisotopic (exact) mass is 423 g/mol. The van der Waals surface area contributed by atoms with Gasteiger partial charge in [-0.2, -0.15) is 0 Å². The number of halogens is 1. The molecule has 31 heavy (non-hydrogen) atoms. The van der Waals surface area contributed by atoms with Crippen LogP contribution in [0.2, 0.25) is 0 Å². The molecular weight excluding hydrogens is 397 g/mol. The largest absolute Gasteiger partial charge is 0.497 e. The summed E-state index contributed by atoms with van der Waals surface area (Å²) in [6, 6.07) is 12.7. The summed E-state index contributed by atoms with van der Waals surface area (Å²) in [4.78, 5) is 32.4. The molecule has 0 saturated carbocycles. The van der Waals surface area contributed by atoms with E-state index in [9.17, 15) is 14.0 Å². The third kappa shape index (κ3) is 3.93. The highest BCUT2D eigenvalue weighted by Gasteiger charge is 2.43. The molecule has 0 N–H and O–H groups in total. The van der Waals surface area contributed by atoms with Crippen molar-refractivity contribution in [2.75, 3.05) is 39.2 Å². The highest BCUT2D eigenvalue weighted by molar-refractivity contribution is 6.45. The first-order chi connectivity index (χ1) is 14.9. The number of piperidine rings is 1. The van der Waals surface area contributed by atoms with Crippen molar-refractivity contribution >= 4 is 23.1 Å². The predicted molar refractivity (Wildman–Crippen MR) is 117 cm³/mol. The lowest BCUT2D eigenvalue weighted by molar-refractivity contribution is -0.120. The highest BCUT2D eigenvalue weighted by atomic mass is 19.1. The summed E-state index contributed by atoms with van der Waals surface area (Å²) in [5.41, 5.74) is 1.75. The second-order valence-corrected chi connectivity index (χ2v) is 8.02. The SMILES string of the molecule is COc1ccc(C2=C(N(C)C3CCN(C)CC3)C(=O)N(c3ccc(F)cc3)C2=O)cc1. The molecule has 0 aromatic heterocycles. The summed E-state index contributed by atoms with van der Waals surface area (Å²) in [7, 11) is 5.54. The Morgan fingerprint density at radius 2 is 1.58 bits per heavy atom. The number of hydrogen-bond donors (Lipinski definition) is 0. The molecule has 2 aromatic rings. The van der Waals surface area contributed by atoms with Crippen LogP contribution in [0.15, 0.2) is 54.2 Å². The van der Waals surface area contributed by atoms with Gasteiger partial charge in [-0.3, -0.25) is 9.59 Å². The Hall–Kier alpha value is -3.19. The first-order valence-corrected chi connectivity index (χ1v) is 10.3. The number of nitrogens with zero attached hydrogens (tertiary/aromatic N) is 3. The molecule has 2 amide bonds. The molecule has 1 fully saturated rings. The van der Waals surface area contributed by atoms with Crippen molar-refractivity contribution in [1.82, 2.24) is 9.80 Å². The summed E-state index contributed by atoms with van der Waals surface area (Å²) < 4.78 is 18.7. The molecule has 162 valence electrons. The minimum atomic E-state index is -0.421. The molecule has 0 spiro atoms. The van der Waals surface area contributed by atoms with Gasteiger partial charge in [-0.05, 0) is 74.9 Å². The van der Waals surface area contributed by atoms with Gasteiger partial charge in [0.1, 0.15) is 17.3 Å². The maximum absolute atomic E-state index is 13.5. The number of carbonyl (C=O) groups is 2. The van der Waals surface area contributed by atoms with Crippen molar-refractivity contribution < 1.29 is 18.7 Å². The molecule has 0 bridgehead atoms. The molecular formula is C24H26FN3O3. The molecule has 0 unspecified atom stereocenters. The van der Waals surface area contributed by atoms with Crippen LogP contribution in [0.3, 0.4) is 0 Å². The number of benzene rings is 2. The zero-order chi connectivity index (χ0) is 22.1. The Bertz CT molecular complexity index is 1010. The van der Waals surface area contributed by atoms with Gasteiger partial charge in [0, 0.05) is 13.1 Å². The van der Waals surface area contributed by atoms with Crippen molar-refractivity contribution in [2.24, 2.45) is 0 Å². The number of carbonyl (C=O) groups excluding carboxylic acids is 2. The van der Waals surface area contributed by atoms with E-state index >= 15 is 0 Å². The van der Waals surface area contributed by atoms with Crippen LogP contribution in [0, 0.1) is 5.82 Å². The van der Waals surface area contributed by atoms with Gasteiger partial charge in [0.05, 0.1) is 18.4 Å². The summed E-state index contributed by atoms with van der Waals surface area (Å²) in [6.07, 6.45) is 1.81. The van der Waals surface area contributed by atoms with Crippen LogP contribution in [0.1, 0.15) is 18.4 Å². The van der Waals surface area contributed by atoms with Crippen molar-refractivity contribution in [2.45, 2.75) is 18.9 Å². The number of imide groups is 1. The lowest BCUT2D eigenvalue weighted by atomic mass is 10.00. The van der Waals surface area contributed by atoms with Gasteiger partial charge in [0.15, 0.2) is 0 Å². The molecule has 2 aliphatic rings. The van der Waals surface area contributed by atoms with Crippen LogP contribution in [-0.2, 0) is 9.59 Å². The van der Waals surface area contributed by atoms with Gasteiger partial charge >= 0.3 is 0 Å². The summed E-state index contributed by atoms with van der Waals surface area (Å²) >= 11 is 0. The second kappa shape index (κ2) is 8.51. The molecule has 2 aromatic carbocycles. The standard InChI is InChI=1S/C24H26FN3O3/c1-26-14-12-18(13-15-26)27(2)22-21(16-4-10-20(31-3)11-5-16)23(29)28(24(22)30)19-8-6-17(25)7-9-19/h4-11,18H,12-15H2,1-3H3. The van der Waals surface area contributed by atoms with Crippen LogP contribution in [0.5, 0.6) is 5.75 Å². The van der Waals surface area contributed by atoms with Crippen LogP contribution in [0.25, 0.3) is 5.57 Å². The van der Waals surface area contributed by atoms with Gasteiger partial charge in [-0.25, -0.2) is 9.29 Å². The maximum Gasteiger partial charge on any atom is 0.282 e. The molecule has 0 atom stereocenters. The average molecular weight is 423 g/mol. The second-order valence-electron chi connectivity index (χ2n) is 8.02. The Labute approximate surface area is 181 Å². The van der Waals surface area contributed by atoms with Crippen LogP contribution in [0.4, 0.5) is 10.1 Å². The normalized spacial score (nSPS) is 18.1. The number of methoxy groups -OCH3 is 1. The van der Waals surface area contributed by atoms with Gasteiger partial charge < -0.3 is 14.5 Å². The van der Waals surface area contributed by atoms with Crippen LogP contribution >= 0.6 is 0 Å². The lowest BCUT2D eigenvalue weighted by Gasteiger charge is -2.36. The van der Waals surface area contributed by atoms with Crippen LogP contribution in [-0.4, -0.2) is 62.0 Å². The van der Waals surface area contributed by atoms with Gasteiger partial charge in [-0.15, -0.1) is 0 Å². The summed E-state index contributed by atoms with van der Waals surface area (Å²) in [5.74, 6) is -0.544. The van der Waals surface area contributed by atoms with E-state index in [2.05, 4.69) is 11.9 Å².